The fourth-order valence-electron chi connectivity index (χ4n) is 3.14. The first-order valence-corrected chi connectivity index (χ1v) is 8.94. The van der Waals surface area contributed by atoms with Gasteiger partial charge in [0.25, 0.3) is 0 Å². The number of benzene rings is 1. The largest absolute Gasteiger partial charge is 0.480 e. The van der Waals surface area contributed by atoms with E-state index in [1.807, 2.05) is 13.8 Å². The van der Waals surface area contributed by atoms with E-state index in [-0.39, 0.29) is 11.9 Å². The highest BCUT2D eigenvalue weighted by Crippen LogP contribution is 2.23. The first-order valence-electron chi connectivity index (χ1n) is 8.94. The third-order valence-electron chi connectivity index (χ3n) is 5.24. The minimum Gasteiger partial charge on any atom is -0.480 e. The number of piperazine rings is 1. The predicted molar refractivity (Wildman–Crippen MR) is 99.1 cm³/mol. The molecule has 1 aliphatic rings. The van der Waals surface area contributed by atoms with E-state index in [0.29, 0.717) is 19.5 Å². The molecule has 25 heavy (non-hydrogen) atoms. The molecule has 0 aliphatic carbocycles. The van der Waals surface area contributed by atoms with E-state index < -0.39 is 12.0 Å². The molecule has 138 valence electrons. The second-order valence-corrected chi connectivity index (χ2v) is 6.84. The summed E-state index contributed by atoms with van der Waals surface area (Å²) in [6, 6.07) is 5.15. The molecule has 2 atom stereocenters. The number of carbonyl (C=O) groups is 2. The number of carbonyl (C=O) groups excluding carboxylic acids is 1. The average molecular weight is 347 g/mol. The van der Waals surface area contributed by atoms with Crippen molar-refractivity contribution < 1.29 is 14.7 Å². The minimum atomic E-state index is -0.975. The molecule has 1 saturated heterocycles. The van der Waals surface area contributed by atoms with Crippen LogP contribution in [0.25, 0.3) is 0 Å². The number of rotatable bonds is 5. The summed E-state index contributed by atoms with van der Waals surface area (Å²) < 4.78 is 0. The molecule has 2 N–H and O–H groups in total. The third kappa shape index (κ3) is 4.44. The second-order valence-electron chi connectivity index (χ2n) is 6.84. The maximum Gasteiger partial charge on any atom is 0.326 e. The number of urea groups is 1. The van der Waals surface area contributed by atoms with Crippen molar-refractivity contribution in [2.24, 2.45) is 5.92 Å². The number of carboxylic acids is 1. The van der Waals surface area contributed by atoms with Crippen molar-refractivity contribution in [3.63, 3.8) is 0 Å². The van der Waals surface area contributed by atoms with Gasteiger partial charge in [-0.1, -0.05) is 32.4 Å². The standard InChI is InChI=1S/C19H29N3O3/c1-5-13(2)17(18(23)24)20-19(25)22-11-9-21(10-12-22)16-8-6-7-14(3)15(16)4/h6-8,13,17H,5,9-12H2,1-4H3,(H,20,25)(H,23,24). The van der Waals surface area contributed by atoms with Gasteiger partial charge in [0.1, 0.15) is 6.04 Å². The number of hydrogen-bond donors (Lipinski definition) is 2. The Morgan fingerprint density at radius 2 is 1.84 bits per heavy atom. The highest BCUT2D eigenvalue weighted by molar-refractivity contribution is 5.83. The number of nitrogens with zero attached hydrogens (tertiary/aromatic N) is 2. The number of hydrogen-bond acceptors (Lipinski definition) is 3. The zero-order valence-corrected chi connectivity index (χ0v) is 15.6. The van der Waals surface area contributed by atoms with E-state index in [1.54, 1.807) is 4.90 Å². The van der Waals surface area contributed by atoms with Gasteiger partial charge in [-0.05, 0) is 37.0 Å². The van der Waals surface area contributed by atoms with Crippen LogP contribution >= 0.6 is 0 Å². The Labute approximate surface area is 149 Å². The van der Waals surface area contributed by atoms with Gasteiger partial charge in [0.05, 0.1) is 0 Å². The van der Waals surface area contributed by atoms with Gasteiger partial charge >= 0.3 is 12.0 Å². The van der Waals surface area contributed by atoms with Crippen LogP contribution in [0.3, 0.4) is 0 Å². The topological polar surface area (TPSA) is 72.9 Å². The Kier molecular flexibility index (Phi) is 6.28. The lowest BCUT2D eigenvalue weighted by Crippen LogP contribution is -2.56. The Hall–Kier alpha value is -2.24. The van der Waals surface area contributed by atoms with Gasteiger partial charge in [-0.3, -0.25) is 0 Å². The predicted octanol–water partition coefficient (Wildman–Crippen LogP) is 2.63. The lowest BCUT2D eigenvalue weighted by Gasteiger charge is -2.37. The zero-order valence-electron chi connectivity index (χ0n) is 15.6. The average Bonchev–Trinajstić information content (AvgIpc) is 2.61. The fraction of sp³-hybridized carbons (Fsp3) is 0.579. The molecule has 2 unspecified atom stereocenters. The molecule has 1 aliphatic heterocycles. The highest BCUT2D eigenvalue weighted by atomic mass is 16.4. The summed E-state index contributed by atoms with van der Waals surface area (Å²) in [5.41, 5.74) is 3.74. The molecule has 6 heteroatoms. The van der Waals surface area contributed by atoms with Crippen molar-refractivity contribution in [2.45, 2.75) is 40.2 Å². The molecule has 0 aromatic heterocycles. The van der Waals surface area contributed by atoms with Crippen LogP contribution in [-0.4, -0.2) is 54.2 Å². The van der Waals surface area contributed by atoms with Crippen molar-refractivity contribution in [3.05, 3.63) is 29.3 Å². The number of carboxylic acid groups (broad SMARTS) is 1. The summed E-state index contributed by atoms with van der Waals surface area (Å²) in [6.07, 6.45) is 0.706. The van der Waals surface area contributed by atoms with Crippen molar-refractivity contribution in [1.82, 2.24) is 10.2 Å². The first-order chi connectivity index (χ1) is 11.8. The molecule has 1 heterocycles. The summed E-state index contributed by atoms with van der Waals surface area (Å²) in [5.74, 6) is -1.07. The number of aryl methyl sites for hydroxylation is 1. The molecular formula is C19H29N3O3. The van der Waals surface area contributed by atoms with E-state index in [1.165, 1.54) is 16.8 Å². The Morgan fingerprint density at radius 3 is 2.40 bits per heavy atom. The highest BCUT2D eigenvalue weighted by Gasteiger charge is 2.29. The van der Waals surface area contributed by atoms with E-state index in [9.17, 15) is 14.7 Å². The summed E-state index contributed by atoms with van der Waals surface area (Å²) >= 11 is 0. The van der Waals surface area contributed by atoms with Crippen LogP contribution < -0.4 is 10.2 Å². The fourth-order valence-corrected chi connectivity index (χ4v) is 3.14. The van der Waals surface area contributed by atoms with Crippen LogP contribution in [0.15, 0.2) is 18.2 Å². The molecule has 2 amide bonds. The maximum atomic E-state index is 12.4. The van der Waals surface area contributed by atoms with E-state index >= 15 is 0 Å². The number of nitrogens with one attached hydrogen (secondary N) is 1. The SMILES string of the molecule is CCC(C)C(NC(=O)N1CCN(c2cccc(C)c2C)CC1)C(=O)O. The monoisotopic (exact) mass is 347 g/mol. The van der Waals surface area contributed by atoms with Crippen LogP contribution in [-0.2, 0) is 4.79 Å². The Balaban J connectivity index is 1.96. The van der Waals surface area contributed by atoms with Gasteiger partial charge in [0.2, 0.25) is 0 Å². The molecule has 0 saturated carbocycles. The normalized spacial score (nSPS) is 17.1. The molecule has 1 aromatic rings. The molecular weight excluding hydrogens is 318 g/mol. The van der Waals surface area contributed by atoms with Crippen LogP contribution in [0, 0.1) is 19.8 Å². The zero-order chi connectivity index (χ0) is 18.6. The molecule has 0 bridgehead atoms. The van der Waals surface area contributed by atoms with Crippen molar-refractivity contribution in [2.75, 3.05) is 31.1 Å². The smallest absolute Gasteiger partial charge is 0.326 e. The maximum absolute atomic E-state index is 12.4. The van der Waals surface area contributed by atoms with Gasteiger partial charge in [-0.15, -0.1) is 0 Å². The molecule has 0 radical (unpaired) electrons. The van der Waals surface area contributed by atoms with Crippen molar-refractivity contribution >= 4 is 17.7 Å². The lowest BCUT2D eigenvalue weighted by molar-refractivity contribution is -0.140. The summed E-state index contributed by atoms with van der Waals surface area (Å²) in [4.78, 5) is 27.8. The van der Waals surface area contributed by atoms with Gasteiger partial charge in [-0.2, -0.15) is 0 Å². The molecule has 1 fully saturated rings. The molecule has 1 aromatic carbocycles. The van der Waals surface area contributed by atoms with Crippen LogP contribution in [0.4, 0.5) is 10.5 Å². The summed E-state index contributed by atoms with van der Waals surface area (Å²) in [7, 11) is 0. The van der Waals surface area contributed by atoms with Crippen LogP contribution in [0.1, 0.15) is 31.4 Å². The third-order valence-corrected chi connectivity index (χ3v) is 5.24. The summed E-state index contributed by atoms with van der Waals surface area (Å²) in [5, 5.41) is 12.0. The van der Waals surface area contributed by atoms with Gasteiger partial charge in [0.15, 0.2) is 0 Å². The van der Waals surface area contributed by atoms with E-state index in [2.05, 4.69) is 42.3 Å². The Bertz CT molecular complexity index is 624. The van der Waals surface area contributed by atoms with E-state index in [0.717, 1.165) is 13.1 Å². The molecule has 2 rings (SSSR count). The number of amides is 2. The Morgan fingerprint density at radius 1 is 1.20 bits per heavy atom. The number of anilines is 1. The van der Waals surface area contributed by atoms with Crippen LogP contribution in [0.5, 0.6) is 0 Å². The lowest BCUT2D eigenvalue weighted by atomic mass is 9.99. The molecule has 6 nitrogen and oxygen atoms in total. The van der Waals surface area contributed by atoms with E-state index in [4.69, 9.17) is 0 Å². The van der Waals surface area contributed by atoms with Crippen molar-refractivity contribution in [1.29, 1.82) is 0 Å². The van der Waals surface area contributed by atoms with Gasteiger partial charge in [0, 0.05) is 31.9 Å². The van der Waals surface area contributed by atoms with Crippen LogP contribution in [0.2, 0.25) is 0 Å². The second kappa shape index (κ2) is 8.23. The molecule has 0 spiro atoms. The van der Waals surface area contributed by atoms with Gasteiger partial charge in [-0.25, -0.2) is 9.59 Å². The first kappa shape index (κ1) is 19.1. The quantitative estimate of drug-likeness (QED) is 0.859. The van der Waals surface area contributed by atoms with Gasteiger partial charge < -0.3 is 20.2 Å². The van der Waals surface area contributed by atoms with Crippen molar-refractivity contribution in [3.8, 4) is 0 Å². The minimum absolute atomic E-state index is 0.0994. The number of aliphatic carboxylic acids is 1. The summed E-state index contributed by atoms with van der Waals surface area (Å²) in [6.45, 7) is 10.7.